The van der Waals surface area contributed by atoms with Crippen LogP contribution in [0.3, 0.4) is 0 Å². The predicted octanol–water partition coefficient (Wildman–Crippen LogP) is 0.299. The van der Waals surface area contributed by atoms with Crippen molar-refractivity contribution in [1.82, 2.24) is 19.9 Å². The SMILES string of the molecule is CNC1CN(c2nc3nc(C#N)c(Cl)cc3n(C=N)c2=N)C1. The van der Waals surface area contributed by atoms with E-state index in [1.807, 2.05) is 18.0 Å². The fraction of sp³-hybridized carbons (Fsp3) is 0.308. The standard InChI is InChI=1S/C13H13ClN8/c1-18-7-4-21(5-7)13-11(17)22(6-16)10-2-8(14)9(3-15)19-12(10)20-13/h2,6-7,16-18H,4-5H2,1H3. The molecule has 3 heterocycles. The number of hydrogen-bond donors (Lipinski definition) is 3. The number of likely N-dealkylation sites (N-methyl/N-ethyl adjacent to an activating group) is 1. The summed E-state index contributed by atoms with van der Waals surface area (Å²) in [4.78, 5) is 10.5. The van der Waals surface area contributed by atoms with Crippen LogP contribution in [0.5, 0.6) is 0 Å². The Morgan fingerprint density at radius 3 is 2.82 bits per heavy atom. The van der Waals surface area contributed by atoms with Crippen molar-refractivity contribution in [2.24, 2.45) is 0 Å². The molecule has 1 fully saturated rings. The van der Waals surface area contributed by atoms with Crippen molar-refractivity contribution in [3.8, 4) is 6.07 Å². The molecule has 112 valence electrons. The highest BCUT2D eigenvalue weighted by Gasteiger charge is 2.28. The minimum Gasteiger partial charge on any atom is -0.350 e. The first kappa shape index (κ1) is 14.4. The normalized spacial score (nSPS) is 14.7. The molecule has 0 saturated carbocycles. The lowest BCUT2D eigenvalue weighted by atomic mass is 10.1. The summed E-state index contributed by atoms with van der Waals surface area (Å²) in [5.74, 6) is 0.446. The Hall–Kier alpha value is -2.50. The molecule has 0 aromatic carbocycles. The number of halogens is 1. The van der Waals surface area contributed by atoms with Gasteiger partial charge in [0.05, 0.1) is 16.9 Å². The molecule has 1 aliphatic heterocycles. The molecular formula is C13H13ClN8. The van der Waals surface area contributed by atoms with Crippen molar-refractivity contribution < 1.29 is 0 Å². The maximum Gasteiger partial charge on any atom is 0.180 e. The predicted molar refractivity (Wildman–Crippen MR) is 82.4 cm³/mol. The zero-order chi connectivity index (χ0) is 15.9. The van der Waals surface area contributed by atoms with Crippen molar-refractivity contribution in [1.29, 1.82) is 16.1 Å². The van der Waals surface area contributed by atoms with E-state index < -0.39 is 0 Å². The van der Waals surface area contributed by atoms with Gasteiger partial charge in [-0.1, -0.05) is 11.6 Å². The molecular weight excluding hydrogens is 304 g/mol. The van der Waals surface area contributed by atoms with Crippen LogP contribution in [-0.2, 0) is 0 Å². The summed E-state index contributed by atoms with van der Waals surface area (Å²) < 4.78 is 1.35. The van der Waals surface area contributed by atoms with E-state index in [1.165, 1.54) is 10.6 Å². The van der Waals surface area contributed by atoms with Gasteiger partial charge in [0.15, 0.2) is 22.6 Å². The maximum atomic E-state index is 9.03. The van der Waals surface area contributed by atoms with Crippen molar-refractivity contribution in [2.45, 2.75) is 6.04 Å². The quantitative estimate of drug-likeness (QED) is 0.556. The van der Waals surface area contributed by atoms with Crippen molar-refractivity contribution >= 4 is 34.9 Å². The molecule has 2 aromatic heterocycles. The number of fused-ring (bicyclic) bond motifs is 1. The van der Waals surface area contributed by atoms with Gasteiger partial charge in [-0.15, -0.1) is 0 Å². The molecule has 8 nitrogen and oxygen atoms in total. The lowest BCUT2D eigenvalue weighted by molar-refractivity contribution is 0.445. The third-order valence-electron chi connectivity index (χ3n) is 3.68. The number of rotatable bonds is 3. The number of nitrogens with zero attached hydrogens (tertiary/aromatic N) is 5. The van der Waals surface area contributed by atoms with Gasteiger partial charge in [0.25, 0.3) is 0 Å². The molecule has 9 heteroatoms. The summed E-state index contributed by atoms with van der Waals surface area (Å²) in [5.41, 5.74) is 0.903. The molecule has 0 spiro atoms. The summed E-state index contributed by atoms with van der Waals surface area (Å²) in [6, 6.07) is 3.78. The first-order valence-corrected chi connectivity index (χ1v) is 6.97. The Morgan fingerprint density at radius 2 is 2.23 bits per heavy atom. The number of pyridine rings is 1. The van der Waals surface area contributed by atoms with Crippen LogP contribution in [0.25, 0.3) is 11.2 Å². The van der Waals surface area contributed by atoms with Gasteiger partial charge in [0.2, 0.25) is 0 Å². The van der Waals surface area contributed by atoms with Crippen molar-refractivity contribution in [3.05, 3.63) is 22.3 Å². The average Bonchev–Trinajstić information content (AvgIpc) is 2.46. The molecule has 3 N–H and O–H groups in total. The van der Waals surface area contributed by atoms with Gasteiger partial charge in [-0.3, -0.25) is 15.4 Å². The Kier molecular flexibility index (Phi) is 3.52. The van der Waals surface area contributed by atoms with Crippen LogP contribution < -0.4 is 15.7 Å². The molecule has 0 amide bonds. The molecule has 0 unspecified atom stereocenters. The number of nitriles is 1. The number of nitrogens with one attached hydrogen (secondary N) is 3. The average molecular weight is 317 g/mol. The van der Waals surface area contributed by atoms with Crippen LogP contribution in [0.15, 0.2) is 6.07 Å². The largest absolute Gasteiger partial charge is 0.350 e. The van der Waals surface area contributed by atoms with Crippen LogP contribution in [0.1, 0.15) is 5.69 Å². The van der Waals surface area contributed by atoms with Crippen LogP contribution >= 0.6 is 11.6 Å². The number of hydrogen-bond acceptors (Lipinski definition) is 7. The van der Waals surface area contributed by atoms with E-state index in [1.54, 1.807) is 0 Å². The summed E-state index contributed by atoms with van der Waals surface area (Å²) >= 11 is 5.98. The van der Waals surface area contributed by atoms with Gasteiger partial charge in [0, 0.05) is 19.1 Å². The summed E-state index contributed by atoms with van der Waals surface area (Å²) in [6.45, 7) is 1.47. The van der Waals surface area contributed by atoms with Crippen LogP contribution in [0.2, 0.25) is 5.02 Å². The summed E-state index contributed by atoms with van der Waals surface area (Å²) in [6.07, 6.45) is 1.02. The second kappa shape index (κ2) is 5.36. The molecule has 22 heavy (non-hydrogen) atoms. The zero-order valence-corrected chi connectivity index (χ0v) is 12.5. The van der Waals surface area contributed by atoms with E-state index in [0.29, 0.717) is 23.0 Å². The van der Waals surface area contributed by atoms with Gasteiger partial charge in [-0.05, 0) is 13.1 Å². The Morgan fingerprint density at radius 1 is 1.50 bits per heavy atom. The van der Waals surface area contributed by atoms with Crippen molar-refractivity contribution in [2.75, 3.05) is 25.0 Å². The van der Waals surface area contributed by atoms with E-state index in [0.717, 1.165) is 19.4 Å². The fourth-order valence-electron chi connectivity index (χ4n) is 2.38. The molecule has 0 aliphatic carbocycles. The molecule has 0 atom stereocenters. The number of anilines is 1. The molecule has 0 radical (unpaired) electrons. The maximum absolute atomic E-state index is 9.03. The third-order valence-corrected chi connectivity index (χ3v) is 3.97. The topological polar surface area (TPSA) is 117 Å². The van der Waals surface area contributed by atoms with E-state index >= 15 is 0 Å². The monoisotopic (exact) mass is 316 g/mol. The molecule has 1 saturated heterocycles. The molecule has 0 bridgehead atoms. The third kappa shape index (κ3) is 2.11. The fourth-order valence-corrected chi connectivity index (χ4v) is 2.57. The van der Waals surface area contributed by atoms with Crippen LogP contribution in [-0.4, -0.2) is 47.1 Å². The highest BCUT2D eigenvalue weighted by Crippen LogP contribution is 2.21. The lowest BCUT2D eigenvalue weighted by Gasteiger charge is -2.39. The van der Waals surface area contributed by atoms with E-state index in [9.17, 15) is 0 Å². The highest BCUT2D eigenvalue weighted by molar-refractivity contribution is 6.32. The van der Waals surface area contributed by atoms with Gasteiger partial charge in [0.1, 0.15) is 6.07 Å². The summed E-state index contributed by atoms with van der Waals surface area (Å²) in [5, 5.41) is 28.1. The van der Waals surface area contributed by atoms with E-state index in [4.69, 9.17) is 27.7 Å². The van der Waals surface area contributed by atoms with Crippen LogP contribution in [0.4, 0.5) is 5.82 Å². The Bertz CT molecular complexity index is 859. The van der Waals surface area contributed by atoms with E-state index in [2.05, 4.69) is 15.3 Å². The molecule has 1 aliphatic rings. The van der Waals surface area contributed by atoms with Gasteiger partial charge in [-0.25, -0.2) is 9.97 Å². The van der Waals surface area contributed by atoms with Gasteiger partial charge in [-0.2, -0.15) is 5.26 Å². The second-order valence-electron chi connectivity index (χ2n) is 4.95. The van der Waals surface area contributed by atoms with E-state index in [-0.39, 0.29) is 16.2 Å². The lowest BCUT2D eigenvalue weighted by Crippen LogP contribution is -2.59. The number of aromatic nitrogens is 3. The first-order chi connectivity index (χ1) is 10.6. The smallest absolute Gasteiger partial charge is 0.180 e. The Labute approximate surface area is 131 Å². The van der Waals surface area contributed by atoms with Gasteiger partial charge >= 0.3 is 0 Å². The first-order valence-electron chi connectivity index (χ1n) is 6.59. The molecule has 2 aromatic rings. The highest BCUT2D eigenvalue weighted by atomic mass is 35.5. The minimum absolute atomic E-state index is 0.0820. The zero-order valence-electron chi connectivity index (χ0n) is 11.8. The summed E-state index contributed by atoms with van der Waals surface area (Å²) in [7, 11) is 1.89. The molecule has 3 rings (SSSR count). The minimum atomic E-state index is 0.0820. The van der Waals surface area contributed by atoms with Gasteiger partial charge < -0.3 is 10.2 Å². The Balaban J connectivity index is 2.21. The van der Waals surface area contributed by atoms with Crippen LogP contribution in [0, 0.1) is 22.1 Å². The second-order valence-corrected chi connectivity index (χ2v) is 5.35. The van der Waals surface area contributed by atoms with Crippen molar-refractivity contribution in [3.63, 3.8) is 0 Å².